The number of aryl methyl sites for hydroxylation is 1. The molecule has 0 saturated carbocycles. The first-order valence-electron chi connectivity index (χ1n) is 8.06. The van der Waals surface area contributed by atoms with E-state index in [2.05, 4.69) is 62.6 Å². The first kappa shape index (κ1) is 14.6. The number of allylic oxidation sites excluding steroid dienone is 1. The van der Waals surface area contributed by atoms with E-state index >= 15 is 0 Å². The Bertz CT molecular complexity index is 934. The van der Waals surface area contributed by atoms with E-state index in [9.17, 15) is 0 Å². The molecule has 3 aromatic rings. The predicted octanol–water partition coefficient (Wildman–Crippen LogP) is 4.08. The maximum absolute atomic E-state index is 4.44. The fourth-order valence-electron chi connectivity index (χ4n) is 2.92. The zero-order chi connectivity index (χ0) is 16.4. The summed E-state index contributed by atoms with van der Waals surface area (Å²) in [6, 6.07) is 14.8. The molecule has 4 rings (SSSR count). The van der Waals surface area contributed by atoms with E-state index < -0.39 is 0 Å². The van der Waals surface area contributed by atoms with Crippen LogP contribution in [0.25, 0.3) is 11.4 Å². The second-order valence-electron chi connectivity index (χ2n) is 6.03. The van der Waals surface area contributed by atoms with Crippen LogP contribution < -0.4 is 0 Å². The highest BCUT2D eigenvalue weighted by atomic mass is 15.1. The van der Waals surface area contributed by atoms with Crippen molar-refractivity contribution in [2.75, 3.05) is 0 Å². The quantitative estimate of drug-likeness (QED) is 0.789. The van der Waals surface area contributed by atoms with Crippen LogP contribution in [-0.4, -0.2) is 20.9 Å². The molecule has 0 radical (unpaired) electrons. The molecule has 118 valence electrons. The van der Waals surface area contributed by atoms with Crippen molar-refractivity contribution < 1.29 is 0 Å². The van der Waals surface area contributed by atoms with Gasteiger partial charge in [0.05, 0.1) is 11.4 Å². The van der Waals surface area contributed by atoms with Gasteiger partial charge >= 0.3 is 0 Å². The van der Waals surface area contributed by atoms with Crippen molar-refractivity contribution in [2.24, 2.45) is 4.99 Å². The van der Waals surface area contributed by atoms with Crippen LogP contribution in [0.1, 0.15) is 28.8 Å². The van der Waals surface area contributed by atoms with Crippen molar-refractivity contribution in [2.45, 2.75) is 19.8 Å². The van der Waals surface area contributed by atoms with Crippen LogP contribution in [0, 0.1) is 6.92 Å². The van der Waals surface area contributed by atoms with Crippen LogP contribution in [0.5, 0.6) is 0 Å². The Balaban J connectivity index is 1.58. The highest BCUT2D eigenvalue weighted by Crippen LogP contribution is 2.19. The third kappa shape index (κ3) is 3.04. The van der Waals surface area contributed by atoms with Crippen molar-refractivity contribution in [1.82, 2.24) is 15.2 Å². The average Bonchev–Trinajstić information content (AvgIpc) is 3.27. The first-order valence-corrected chi connectivity index (χ1v) is 8.06. The molecule has 1 aliphatic heterocycles. The molecule has 0 unspecified atom stereocenters. The van der Waals surface area contributed by atoms with Crippen LogP contribution >= 0.6 is 0 Å². The molecule has 0 spiro atoms. The van der Waals surface area contributed by atoms with E-state index in [1.807, 2.05) is 25.4 Å². The molecule has 2 aromatic heterocycles. The maximum Gasteiger partial charge on any atom is 0.111 e. The van der Waals surface area contributed by atoms with Crippen molar-refractivity contribution in [3.8, 4) is 11.4 Å². The fourth-order valence-corrected chi connectivity index (χ4v) is 2.92. The Morgan fingerprint density at radius 3 is 2.75 bits per heavy atom. The van der Waals surface area contributed by atoms with Gasteiger partial charge in [-0.05, 0) is 54.3 Å². The largest absolute Gasteiger partial charge is 0.282 e. The van der Waals surface area contributed by atoms with Crippen LogP contribution in [0.4, 0.5) is 0 Å². The van der Waals surface area contributed by atoms with Crippen molar-refractivity contribution >= 4 is 5.71 Å². The van der Waals surface area contributed by atoms with Gasteiger partial charge in [0.15, 0.2) is 0 Å². The Kier molecular flexibility index (Phi) is 3.79. The molecule has 0 aliphatic carbocycles. The van der Waals surface area contributed by atoms with Gasteiger partial charge in [-0.25, -0.2) is 0 Å². The molecule has 0 amide bonds. The van der Waals surface area contributed by atoms with Gasteiger partial charge in [-0.15, -0.1) is 0 Å². The summed E-state index contributed by atoms with van der Waals surface area (Å²) in [5.74, 6) is 0. The number of aromatic amines is 1. The van der Waals surface area contributed by atoms with E-state index in [1.54, 1.807) is 0 Å². The Labute approximate surface area is 141 Å². The first-order chi connectivity index (χ1) is 11.8. The van der Waals surface area contributed by atoms with Crippen molar-refractivity contribution in [1.29, 1.82) is 0 Å². The predicted molar refractivity (Wildman–Crippen MR) is 96.1 cm³/mol. The highest BCUT2D eigenvalue weighted by molar-refractivity contribution is 6.03. The molecule has 0 bridgehead atoms. The maximum atomic E-state index is 4.44. The lowest BCUT2D eigenvalue weighted by Gasteiger charge is -2.06. The monoisotopic (exact) mass is 314 g/mol. The molecule has 3 heterocycles. The number of nitrogens with zero attached hydrogens (tertiary/aromatic N) is 3. The molecule has 1 aromatic carbocycles. The summed E-state index contributed by atoms with van der Waals surface area (Å²) in [6.07, 6.45) is 7.60. The Morgan fingerprint density at radius 1 is 1.04 bits per heavy atom. The van der Waals surface area contributed by atoms with E-state index in [0.717, 1.165) is 35.6 Å². The number of aromatic nitrogens is 3. The molecular formula is C20H18N4. The van der Waals surface area contributed by atoms with Crippen LogP contribution in [0.3, 0.4) is 0 Å². The molecule has 0 fully saturated rings. The summed E-state index contributed by atoms with van der Waals surface area (Å²) < 4.78 is 0. The average molecular weight is 314 g/mol. The molecule has 1 N–H and O–H groups in total. The second-order valence-corrected chi connectivity index (χ2v) is 6.03. The third-order valence-corrected chi connectivity index (χ3v) is 4.11. The smallest absolute Gasteiger partial charge is 0.111 e. The summed E-state index contributed by atoms with van der Waals surface area (Å²) >= 11 is 0. The summed E-state index contributed by atoms with van der Waals surface area (Å²) in [6.45, 7) is 1.99. The lowest BCUT2D eigenvalue weighted by molar-refractivity contribution is 1.04. The van der Waals surface area contributed by atoms with Gasteiger partial charge in [0.1, 0.15) is 5.69 Å². The molecule has 4 nitrogen and oxygen atoms in total. The normalized spacial score (nSPS) is 13.3. The summed E-state index contributed by atoms with van der Waals surface area (Å²) in [5.41, 5.74) is 7.67. The zero-order valence-electron chi connectivity index (χ0n) is 13.5. The number of H-pyrrole nitrogens is 1. The summed E-state index contributed by atoms with van der Waals surface area (Å²) in [7, 11) is 0. The highest BCUT2D eigenvalue weighted by Gasteiger charge is 2.08. The van der Waals surface area contributed by atoms with E-state index in [4.69, 9.17) is 0 Å². The topological polar surface area (TPSA) is 53.9 Å². The second kappa shape index (κ2) is 6.24. The minimum absolute atomic E-state index is 0.869. The minimum Gasteiger partial charge on any atom is -0.282 e. The standard InChI is InChI=1S/C20H18N4/c1-14-10-20(24-23-14)19-13-16(7-9-22-19)11-15-4-2-5-17(12-15)18-6-3-8-21-18/h2-5,7-10,12-13H,6,11H2,1H3,(H,23,24). The van der Waals surface area contributed by atoms with E-state index in [1.165, 1.54) is 16.7 Å². The van der Waals surface area contributed by atoms with Crippen LogP contribution in [0.2, 0.25) is 0 Å². The van der Waals surface area contributed by atoms with Gasteiger partial charge in [-0.2, -0.15) is 5.10 Å². The molecule has 0 atom stereocenters. The number of benzene rings is 1. The van der Waals surface area contributed by atoms with Gasteiger partial charge in [0, 0.05) is 24.5 Å². The van der Waals surface area contributed by atoms with Gasteiger partial charge in [0.25, 0.3) is 0 Å². The van der Waals surface area contributed by atoms with Gasteiger partial charge < -0.3 is 0 Å². The SMILES string of the molecule is Cc1cc(-c2cc(Cc3cccc(C4=NC=CC4)c3)ccn2)n[nH]1. The number of nitrogens with one attached hydrogen (secondary N) is 1. The number of hydrogen-bond acceptors (Lipinski definition) is 3. The van der Waals surface area contributed by atoms with Crippen LogP contribution in [-0.2, 0) is 6.42 Å². The molecule has 24 heavy (non-hydrogen) atoms. The number of aliphatic imine (C=N–C) groups is 1. The number of rotatable bonds is 4. The number of hydrogen-bond donors (Lipinski definition) is 1. The lowest BCUT2D eigenvalue weighted by atomic mass is 10.00. The number of pyridine rings is 1. The lowest BCUT2D eigenvalue weighted by Crippen LogP contribution is -1.98. The van der Waals surface area contributed by atoms with E-state index in [-0.39, 0.29) is 0 Å². The third-order valence-electron chi connectivity index (χ3n) is 4.11. The zero-order valence-corrected chi connectivity index (χ0v) is 13.5. The van der Waals surface area contributed by atoms with Crippen molar-refractivity contribution in [3.63, 3.8) is 0 Å². The summed E-state index contributed by atoms with van der Waals surface area (Å²) in [4.78, 5) is 8.86. The molecule has 4 heteroatoms. The van der Waals surface area contributed by atoms with E-state index in [0.29, 0.717) is 0 Å². The van der Waals surface area contributed by atoms with Gasteiger partial charge in [-0.3, -0.25) is 15.1 Å². The summed E-state index contributed by atoms with van der Waals surface area (Å²) in [5, 5.41) is 7.26. The Morgan fingerprint density at radius 2 is 1.96 bits per heavy atom. The van der Waals surface area contributed by atoms with Crippen molar-refractivity contribution in [3.05, 3.63) is 83.3 Å². The molecule has 0 saturated heterocycles. The molecular weight excluding hydrogens is 296 g/mol. The van der Waals surface area contributed by atoms with Gasteiger partial charge in [-0.1, -0.05) is 24.3 Å². The fraction of sp³-hybridized carbons (Fsp3) is 0.150. The minimum atomic E-state index is 0.869. The Hall–Kier alpha value is -3.01. The molecule has 1 aliphatic rings. The van der Waals surface area contributed by atoms with Gasteiger partial charge in [0.2, 0.25) is 0 Å². The van der Waals surface area contributed by atoms with Crippen LogP contribution in [0.15, 0.2) is 65.9 Å².